The highest BCUT2D eigenvalue weighted by Gasteiger charge is 2.18. The second-order valence-electron chi connectivity index (χ2n) is 5.25. The van der Waals surface area contributed by atoms with Gasteiger partial charge in [0.15, 0.2) is 0 Å². The van der Waals surface area contributed by atoms with E-state index < -0.39 is 6.10 Å². The van der Waals surface area contributed by atoms with E-state index in [0.717, 1.165) is 23.5 Å². The molecule has 1 atom stereocenters. The van der Waals surface area contributed by atoms with Crippen LogP contribution in [-0.4, -0.2) is 14.9 Å². The van der Waals surface area contributed by atoms with E-state index in [1.807, 2.05) is 18.5 Å². The van der Waals surface area contributed by atoms with E-state index in [4.69, 9.17) is 0 Å². The van der Waals surface area contributed by atoms with Crippen molar-refractivity contribution in [3.63, 3.8) is 0 Å². The first-order valence-electron chi connectivity index (χ1n) is 6.90. The number of aromatic nitrogens is 2. The first kappa shape index (κ1) is 14.7. The number of aryl methyl sites for hydroxylation is 2. The molecule has 0 radical (unpaired) electrons. The summed E-state index contributed by atoms with van der Waals surface area (Å²) in [4.78, 5) is 0. The molecule has 4 heteroatoms. The molecule has 0 saturated heterocycles. The molecule has 0 amide bonds. The maximum atomic E-state index is 13.7. The molecule has 0 aliphatic rings. The summed E-state index contributed by atoms with van der Waals surface area (Å²) < 4.78 is 15.6. The highest BCUT2D eigenvalue weighted by molar-refractivity contribution is 5.47. The van der Waals surface area contributed by atoms with Crippen LogP contribution in [0.5, 0.6) is 0 Å². The number of rotatable bonds is 3. The van der Waals surface area contributed by atoms with Crippen LogP contribution in [0.15, 0.2) is 12.1 Å². The molecule has 0 bridgehead atoms. The minimum atomic E-state index is -0.742. The zero-order valence-corrected chi connectivity index (χ0v) is 12.7. The molecule has 1 N–H and O–H groups in total. The van der Waals surface area contributed by atoms with Gasteiger partial charge in [0.2, 0.25) is 0 Å². The van der Waals surface area contributed by atoms with Gasteiger partial charge in [-0.3, -0.25) is 0 Å². The van der Waals surface area contributed by atoms with E-state index in [1.165, 1.54) is 11.6 Å². The van der Waals surface area contributed by atoms with Crippen LogP contribution in [-0.2, 0) is 6.42 Å². The van der Waals surface area contributed by atoms with Crippen molar-refractivity contribution < 1.29 is 9.50 Å². The monoisotopic (exact) mass is 276 g/mol. The number of halogens is 1. The van der Waals surface area contributed by atoms with Gasteiger partial charge in [0.25, 0.3) is 0 Å². The van der Waals surface area contributed by atoms with Crippen molar-refractivity contribution in [2.75, 3.05) is 0 Å². The minimum absolute atomic E-state index is 0.304. The topological polar surface area (TPSA) is 38.0 Å². The largest absolute Gasteiger partial charge is 0.389 e. The Hall–Kier alpha value is -1.68. The van der Waals surface area contributed by atoms with Crippen LogP contribution >= 0.6 is 0 Å². The highest BCUT2D eigenvalue weighted by Crippen LogP contribution is 2.27. The molecule has 108 valence electrons. The van der Waals surface area contributed by atoms with Crippen molar-refractivity contribution in [2.45, 2.75) is 47.1 Å². The average Bonchev–Trinajstić information content (AvgIpc) is 2.66. The molecule has 20 heavy (non-hydrogen) atoms. The first-order valence-corrected chi connectivity index (χ1v) is 6.90. The van der Waals surface area contributed by atoms with E-state index in [1.54, 1.807) is 19.9 Å². The quantitative estimate of drug-likeness (QED) is 0.931. The Morgan fingerprint density at radius 1 is 1.30 bits per heavy atom. The third kappa shape index (κ3) is 2.36. The van der Waals surface area contributed by atoms with E-state index in [9.17, 15) is 9.50 Å². The molecule has 2 aromatic rings. The molecule has 0 saturated carbocycles. The van der Waals surface area contributed by atoms with Gasteiger partial charge in [-0.15, -0.1) is 0 Å². The number of aliphatic hydroxyl groups excluding tert-OH is 1. The summed E-state index contributed by atoms with van der Waals surface area (Å²) >= 11 is 0. The van der Waals surface area contributed by atoms with Crippen LogP contribution < -0.4 is 0 Å². The predicted octanol–water partition coefficient (Wildman–Crippen LogP) is 3.55. The van der Waals surface area contributed by atoms with Crippen molar-refractivity contribution in [3.8, 4) is 5.69 Å². The summed E-state index contributed by atoms with van der Waals surface area (Å²) in [6, 6.07) is 3.15. The van der Waals surface area contributed by atoms with Crippen LogP contribution in [0.25, 0.3) is 5.69 Å². The van der Waals surface area contributed by atoms with Crippen LogP contribution in [0.2, 0.25) is 0 Å². The summed E-state index contributed by atoms with van der Waals surface area (Å²) in [7, 11) is 0. The lowest BCUT2D eigenvalue weighted by Gasteiger charge is -2.15. The van der Waals surface area contributed by atoms with E-state index >= 15 is 0 Å². The Balaban J connectivity index is 2.72. The second kappa shape index (κ2) is 5.37. The number of hydrogen-bond acceptors (Lipinski definition) is 2. The van der Waals surface area contributed by atoms with Crippen LogP contribution in [0.3, 0.4) is 0 Å². The van der Waals surface area contributed by atoms with Crippen molar-refractivity contribution in [3.05, 3.63) is 46.0 Å². The Morgan fingerprint density at radius 3 is 2.45 bits per heavy atom. The summed E-state index contributed by atoms with van der Waals surface area (Å²) in [5.41, 5.74) is 5.07. The number of benzene rings is 1. The molecule has 1 heterocycles. The van der Waals surface area contributed by atoms with E-state index in [-0.39, 0.29) is 5.82 Å². The maximum absolute atomic E-state index is 13.7. The summed E-state index contributed by atoms with van der Waals surface area (Å²) in [5, 5.41) is 14.4. The normalized spacial score (nSPS) is 12.8. The third-order valence-corrected chi connectivity index (χ3v) is 3.78. The number of aliphatic hydroxyl groups is 1. The SMILES string of the molecule is CCc1c(C)nn(-c2cc(C)c(F)cc2[C@@H](C)O)c1C. The molecule has 1 aromatic heterocycles. The Kier molecular flexibility index (Phi) is 3.95. The molecule has 2 rings (SSSR count). The molecule has 1 aromatic carbocycles. The molecule has 0 spiro atoms. The van der Waals surface area contributed by atoms with Crippen LogP contribution in [0, 0.1) is 26.6 Å². The Morgan fingerprint density at radius 2 is 1.95 bits per heavy atom. The van der Waals surface area contributed by atoms with Crippen molar-refractivity contribution in [2.24, 2.45) is 0 Å². The maximum Gasteiger partial charge on any atom is 0.126 e. The summed E-state index contributed by atoms with van der Waals surface area (Å²) in [6.07, 6.45) is 0.163. The fourth-order valence-electron chi connectivity index (χ4n) is 2.62. The van der Waals surface area contributed by atoms with Crippen LogP contribution in [0.4, 0.5) is 4.39 Å². The fourth-order valence-corrected chi connectivity index (χ4v) is 2.62. The molecule has 3 nitrogen and oxygen atoms in total. The minimum Gasteiger partial charge on any atom is -0.389 e. The Labute approximate surface area is 119 Å². The first-order chi connectivity index (χ1) is 9.36. The average molecular weight is 276 g/mol. The van der Waals surface area contributed by atoms with Gasteiger partial charge < -0.3 is 5.11 Å². The van der Waals surface area contributed by atoms with Gasteiger partial charge in [0.05, 0.1) is 17.5 Å². The van der Waals surface area contributed by atoms with Gasteiger partial charge >= 0.3 is 0 Å². The van der Waals surface area contributed by atoms with Gasteiger partial charge in [-0.25, -0.2) is 9.07 Å². The lowest BCUT2D eigenvalue weighted by atomic mass is 10.0. The number of hydrogen-bond donors (Lipinski definition) is 1. The van der Waals surface area contributed by atoms with Crippen molar-refractivity contribution >= 4 is 0 Å². The number of nitrogens with zero attached hydrogens (tertiary/aromatic N) is 2. The molecule has 0 fully saturated rings. The molecule has 0 unspecified atom stereocenters. The predicted molar refractivity (Wildman–Crippen MR) is 77.7 cm³/mol. The molecular formula is C16H21FN2O. The van der Waals surface area contributed by atoms with E-state index in [0.29, 0.717) is 11.1 Å². The van der Waals surface area contributed by atoms with Gasteiger partial charge in [-0.05, 0) is 57.4 Å². The highest BCUT2D eigenvalue weighted by atomic mass is 19.1. The van der Waals surface area contributed by atoms with Gasteiger partial charge in [0, 0.05) is 11.3 Å². The molecule has 0 aliphatic carbocycles. The zero-order valence-electron chi connectivity index (χ0n) is 12.7. The Bertz CT molecular complexity index is 644. The van der Waals surface area contributed by atoms with Crippen molar-refractivity contribution in [1.82, 2.24) is 9.78 Å². The molecular weight excluding hydrogens is 255 g/mol. The van der Waals surface area contributed by atoms with Crippen LogP contribution in [0.1, 0.15) is 48.0 Å². The van der Waals surface area contributed by atoms with Crippen molar-refractivity contribution in [1.29, 1.82) is 0 Å². The second-order valence-corrected chi connectivity index (χ2v) is 5.25. The lowest BCUT2D eigenvalue weighted by Crippen LogP contribution is -2.07. The van der Waals surface area contributed by atoms with E-state index in [2.05, 4.69) is 12.0 Å². The molecule has 0 aliphatic heterocycles. The fraction of sp³-hybridized carbons (Fsp3) is 0.438. The zero-order chi connectivity index (χ0) is 15.0. The smallest absolute Gasteiger partial charge is 0.126 e. The van der Waals surface area contributed by atoms with Gasteiger partial charge in [-0.1, -0.05) is 6.92 Å². The standard InChI is InChI=1S/C16H21FN2O/c1-6-13-10(3)18-19(11(13)4)16-7-9(2)15(17)8-14(16)12(5)20/h7-8,12,20H,6H2,1-5H3/t12-/m1/s1. The lowest BCUT2D eigenvalue weighted by molar-refractivity contribution is 0.198. The third-order valence-electron chi connectivity index (χ3n) is 3.78. The summed E-state index contributed by atoms with van der Waals surface area (Å²) in [6.45, 7) is 9.42. The summed E-state index contributed by atoms with van der Waals surface area (Å²) in [5.74, 6) is -0.304. The van der Waals surface area contributed by atoms with Gasteiger partial charge in [-0.2, -0.15) is 5.10 Å². The van der Waals surface area contributed by atoms with Gasteiger partial charge in [0.1, 0.15) is 5.82 Å².